The van der Waals surface area contributed by atoms with E-state index >= 15 is 0 Å². The molecule has 7 aliphatic rings. The van der Waals surface area contributed by atoms with Gasteiger partial charge in [-0.25, -0.2) is 0 Å². The first-order chi connectivity index (χ1) is 27.4. The van der Waals surface area contributed by atoms with Crippen LogP contribution in [0.25, 0.3) is 0 Å². The van der Waals surface area contributed by atoms with Crippen molar-refractivity contribution in [2.24, 2.45) is 50.2 Å². The average Bonchev–Trinajstić information content (AvgIpc) is 3.15. The van der Waals surface area contributed by atoms with E-state index in [2.05, 4.69) is 54.5 Å². The number of carbonyl (C=O) groups excluding carboxylic acids is 2. The standard InChI is InChI=1S/C44H70O15/c1-21(46)55-20-25-31(49)33(51)35(53)37(57-25)59-38(54)44-16-15-39(2,3)17-23(44)22-9-10-27-41(6)13-12-29(58-36-34(52)32(50)30(48)24(19-45)56-36)40(4,5)26(41)11-14-42(27,7)43(22,8)18-28(44)47/h9,23-37,45,47-53H,10-20H2,1-8H3. The summed E-state index contributed by atoms with van der Waals surface area (Å²) in [6, 6.07) is 0. The summed E-state index contributed by atoms with van der Waals surface area (Å²) >= 11 is 0. The van der Waals surface area contributed by atoms with Crippen LogP contribution >= 0.6 is 0 Å². The fourth-order valence-corrected chi connectivity index (χ4v) is 13.8. The molecule has 6 fully saturated rings. The lowest BCUT2D eigenvalue weighted by atomic mass is 9.33. The van der Waals surface area contributed by atoms with E-state index in [1.165, 1.54) is 6.92 Å². The van der Waals surface area contributed by atoms with Gasteiger partial charge in [0.2, 0.25) is 6.29 Å². The Hall–Kier alpha value is -1.76. The van der Waals surface area contributed by atoms with Crippen molar-refractivity contribution < 1.29 is 74.1 Å². The van der Waals surface area contributed by atoms with Gasteiger partial charge in [-0.05, 0) is 103 Å². The molecule has 15 heteroatoms. The number of allylic oxidation sites excluding steroid dienone is 2. The highest BCUT2D eigenvalue weighted by Gasteiger charge is 2.72. The molecule has 0 amide bonds. The number of fused-ring (bicyclic) bond motifs is 7. The predicted molar refractivity (Wildman–Crippen MR) is 208 cm³/mol. The molecule has 59 heavy (non-hydrogen) atoms. The number of aliphatic hydroxyl groups excluding tert-OH is 8. The minimum Gasteiger partial charge on any atom is -0.463 e. The number of hydrogen-bond donors (Lipinski definition) is 8. The molecule has 7 rings (SSSR count). The van der Waals surface area contributed by atoms with Crippen molar-refractivity contribution in [3.63, 3.8) is 0 Å². The van der Waals surface area contributed by atoms with Gasteiger partial charge in [-0.3, -0.25) is 9.59 Å². The van der Waals surface area contributed by atoms with E-state index in [1.54, 1.807) is 0 Å². The second-order valence-electron chi connectivity index (χ2n) is 21.4. The summed E-state index contributed by atoms with van der Waals surface area (Å²) in [5.74, 6) is -1.33. The minimum absolute atomic E-state index is 0.149. The van der Waals surface area contributed by atoms with Crippen LogP contribution in [0, 0.1) is 50.2 Å². The lowest BCUT2D eigenvalue weighted by Crippen LogP contribution is -2.68. The van der Waals surface area contributed by atoms with E-state index in [1.807, 2.05) is 0 Å². The average molecular weight is 839 g/mol. The van der Waals surface area contributed by atoms with Crippen molar-refractivity contribution in [2.45, 2.75) is 187 Å². The third-order valence-electron chi connectivity index (χ3n) is 17.5. The quantitative estimate of drug-likeness (QED) is 0.104. The zero-order valence-electron chi connectivity index (χ0n) is 36.0. The van der Waals surface area contributed by atoms with E-state index in [9.17, 15) is 50.4 Å². The SMILES string of the molecule is CC(=O)OCC1OC(OC(=O)C23CCC(C)(C)CC2C2=CCC4C5(C)CCC(OC6OC(CO)C(O)C(O)C6O)C(C)(C)C5CCC4(C)C2(C)CC3O)C(O)C(O)C1O. The summed E-state index contributed by atoms with van der Waals surface area (Å²) in [5.41, 5.74) is -1.66. The summed E-state index contributed by atoms with van der Waals surface area (Å²) in [6.45, 7) is 16.0. The fraction of sp³-hybridized carbons (Fsp3) is 0.909. The van der Waals surface area contributed by atoms with E-state index in [-0.39, 0.29) is 45.5 Å². The first-order valence-electron chi connectivity index (χ1n) is 21.8. The molecule has 8 N–H and O–H groups in total. The van der Waals surface area contributed by atoms with Gasteiger partial charge >= 0.3 is 11.9 Å². The molecule has 336 valence electrons. The highest BCUT2D eigenvalue weighted by atomic mass is 16.7. The molecular weight excluding hydrogens is 768 g/mol. The molecular formula is C44H70O15. The molecule has 2 heterocycles. The number of rotatable bonds is 7. The zero-order valence-corrected chi connectivity index (χ0v) is 36.0. The molecule has 0 aromatic carbocycles. The maximum atomic E-state index is 14.8. The molecule has 0 spiro atoms. The van der Waals surface area contributed by atoms with Gasteiger partial charge in [-0.15, -0.1) is 0 Å². The van der Waals surface area contributed by atoms with Gasteiger partial charge in [-0.2, -0.15) is 0 Å². The van der Waals surface area contributed by atoms with Crippen molar-refractivity contribution in [3.8, 4) is 0 Å². The topological polar surface area (TPSA) is 242 Å². The Morgan fingerprint density at radius 2 is 1.37 bits per heavy atom. The van der Waals surface area contributed by atoms with Gasteiger partial charge in [0.1, 0.15) is 60.9 Å². The number of carbonyl (C=O) groups is 2. The van der Waals surface area contributed by atoms with Gasteiger partial charge in [0, 0.05) is 6.92 Å². The van der Waals surface area contributed by atoms with Crippen molar-refractivity contribution in [2.75, 3.05) is 13.2 Å². The maximum absolute atomic E-state index is 14.8. The zero-order chi connectivity index (χ0) is 43.4. The smallest absolute Gasteiger partial charge is 0.317 e. The molecule has 0 radical (unpaired) electrons. The number of ether oxygens (including phenoxy) is 5. The largest absolute Gasteiger partial charge is 0.463 e. The van der Waals surface area contributed by atoms with Crippen LogP contribution in [0.3, 0.4) is 0 Å². The van der Waals surface area contributed by atoms with Crippen LogP contribution in [0.2, 0.25) is 0 Å². The highest BCUT2D eigenvalue weighted by molar-refractivity contribution is 5.80. The molecule has 0 bridgehead atoms. The molecule has 2 aliphatic heterocycles. The monoisotopic (exact) mass is 838 g/mol. The van der Waals surface area contributed by atoms with Crippen LogP contribution < -0.4 is 0 Å². The Bertz CT molecular complexity index is 1630. The summed E-state index contributed by atoms with van der Waals surface area (Å²) in [6.07, 6.45) is -8.02. The predicted octanol–water partition coefficient (Wildman–Crippen LogP) is 1.86. The van der Waals surface area contributed by atoms with E-state index in [0.29, 0.717) is 32.1 Å². The Morgan fingerprint density at radius 3 is 2.02 bits per heavy atom. The van der Waals surface area contributed by atoms with Crippen LogP contribution in [0.1, 0.15) is 113 Å². The minimum atomic E-state index is -1.78. The van der Waals surface area contributed by atoms with E-state index in [4.69, 9.17) is 23.7 Å². The normalized spacial score (nSPS) is 51.5. The van der Waals surface area contributed by atoms with Crippen molar-refractivity contribution >= 4 is 11.9 Å². The Balaban J connectivity index is 1.17. The van der Waals surface area contributed by atoms with Gasteiger partial charge in [-0.1, -0.05) is 60.1 Å². The molecule has 5 aliphatic carbocycles. The van der Waals surface area contributed by atoms with Crippen molar-refractivity contribution in [1.82, 2.24) is 0 Å². The van der Waals surface area contributed by atoms with E-state index < -0.39 is 103 Å². The van der Waals surface area contributed by atoms with Gasteiger partial charge < -0.3 is 64.5 Å². The van der Waals surface area contributed by atoms with Crippen LogP contribution in [0.15, 0.2) is 11.6 Å². The Kier molecular flexibility index (Phi) is 11.9. The molecule has 19 unspecified atom stereocenters. The second-order valence-corrected chi connectivity index (χ2v) is 21.4. The molecule has 0 aromatic heterocycles. The molecule has 0 aromatic rings. The lowest BCUT2D eigenvalue weighted by Gasteiger charge is -2.71. The summed E-state index contributed by atoms with van der Waals surface area (Å²) < 4.78 is 29.0. The van der Waals surface area contributed by atoms with Crippen LogP contribution in [0.5, 0.6) is 0 Å². The van der Waals surface area contributed by atoms with Crippen LogP contribution in [-0.4, -0.2) is 140 Å². The lowest BCUT2D eigenvalue weighted by molar-refractivity contribution is -0.330. The molecule has 2 saturated heterocycles. The summed E-state index contributed by atoms with van der Waals surface area (Å²) in [5, 5.41) is 86.2. The number of aliphatic hydroxyl groups is 8. The second kappa shape index (κ2) is 15.5. The van der Waals surface area contributed by atoms with Crippen molar-refractivity contribution in [3.05, 3.63) is 11.6 Å². The third kappa shape index (κ3) is 6.95. The highest BCUT2D eigenvalue weighted by Crippen LogP contribution is 2.76. The van der Waals surface area contributed by atoms with Crippen LogP contribution in [0.4, 0.5) is 0 Å². The van der Waals surface area contributed by atoms with Crippen LogP contribution in [-0.2, 0) is 33.3 Å². The maximum Gasteiger partial charge on any atom is 0.317 e. The molecule has 19 atom stereocenters. The molecule has 4 saturated carbocycles. The molecule has 15 nitrogen and oxygen atoms in total. The fourth-order valence-electron chi connectivity index (χ4n) is 13.8. The number of hydrogen-bond acceptors (Lipinski definition) is 15. The number of esters is 2. The summed E-state index contributed by atoms with van der Waals surface area (Å²) in [4.78, 5) is 26.3. The van der Waals surface area contributed by atoms with Crippen molar-refractivity contribution in [1.29, 1.82) is 0 Å². The van der Waals surface area contributed by atoms with Gasteiger partial charge in [0.05, 0.1) is 18.8 Å². The Labute approximate surface area is 347 Å². The first kappa shape index (κ1) is 45.3. The van der Waals surface area contributed by atoms with Gasteiger partial charge in [0.15, 0.2) is 6.29 Å². The summed E-state index contributed by atoms with van der Waals surface area (Å²) in [7, 11) is 0. The van der Waals surface area contributed by atoms with E-state index in [0.717, 1.165) is 31.3 Å². The Morgan fingerprint density at radius 1 is 0.746 bits per heavy atom. The first-order valence-corrected chi connectivity index (χ1v) is 21.8. The van der Waals surface area contributed by atoms with Gasteiger partial charge in [0.25, 0.3) is 0 Å². The third-order valence-corrected chi connectivity index (χ3v) is 17.5.